The van der Waals surface area contributed by atoms with Gasteiger partial charge in [0.25, 0.3) is 5.22 Å². The highest BCUT2D eigenvalue weighted by Gasteiger charge is 2.23. The number of nitrogens with one attached hydrogen (secondary N) is 1. The van der Waals surface area contributed by atoms with Gasteiger partial charge in [-0.05, 0) is 47.2 Å². The number of anilines is 2. The van der Waals surface area contributed by atoms with Gasteiger partial charge in [-0.3, -0.25) is 4.79 Å². The van der Waals surface area contributed by atoms with E-state index in [4.69, 9.17) is 4.42 Å². The maximum Gasteiger partial charge on any atom is 0.277 e. The smallest absolute Gasteiger partial charge is 0.277 e. The predicted molar refractivity (Wildman–Crippen MR) is 142 cm³/mol. The highest BCUT2D eigenvalue weighted by molar-refractivity contribution is 7.99. The van der Waals surface area contributed by atoms with E-state index in [1.807, 2.05) is 66.7 Å². The topological polar surface area (TPSA) is 109 Å². The van der Waals surface area contributed by atoms with E-state index in [2.05, 4.69) is 20.4 Å². The summed E-state index contributed by atoms with van der Waals surface area (Å²) in [6.07, 6.45) is 1.24. The Morgan fingerprint density at radius 3 is 2.42 bits per heavy atom. The van der Waals surface area contributed by atoms with Crippen LogP contribution in [0.2, 0.25) is 0 Å². The van der Waals surface area contributed by atoms with Crippen LogP contribution in [0.4, 0.5) is 11.4 Å². The molecule has 0 radical (unpaired) electrons. The minimum absolute atomic E-state index is 0.133. The first kappa shape index (κ1) is 24.3. The summed E-state index contributed by atoms with van der Waals surface area (Å²) in [6, 6.07) is 21.5. The number of rotatable bonds is 7. The number of fused-ring (bicyclic) bond motifs is 1. The largest absolute Gasteiger partial charge is 0.411 e. The molecule has 1 amide bonds. The van der Waals surface area contributed by atoms with Gasteiger partial charge < -0.3 is 14.6 Å². The van der Waals surface area contributed by atoms with Crippen molar-refractivity contribution in [3.05, 3.63) is 66.7 Å². The molecule has 0 bridgehead atoms. The molecule has 0 saturated carbocycles. The van der Waals surface area contributed by atoms with E-state index in [0.717, 1.165) is 22.0 Å². The van der Waals surface area contributed by atoms with E-state index < -0.39 is 10.0 Å². The fourth-order valence-electron chi connectivity index (χ4n) is 4.06. The number of aromatic nitrogens is 2. The lowest BCUT2D eigenvalue weighted by Crippen LogP contribution is -2.48. The van der Waals surface area contributed by atoms with Crippen LogP contribution < -0.4 is 10.2 Å². The summed E-state index contributed by atoms with van der Waals surface area (Å²) in [5.41, 5.74) is 2.50. The summed E-state index contributed by atoms with van der Waals surface area (Å²) in [7, 11) is -3.16. The van der Waals surface area contributed by atoms with Crippen molar-refractivity contribution in [2.45, 2.75) is 5.22 Å². The summed E-state index contributed by atoms with van der Waals surface area (Å²) < 4.78 is 30.6. The third-order valence-corrected chi connectivity index (χ3v) is 8.08. The summed E-state index contributed by atoms with van der Waals surface area (Å²) in [5.74, 6) is 0.366. The average Bonchev–Trinajstić information content (AvgIpc) is 3.36. The molecule has 1 fully saturated rings. The van der Waals surface area contributed by atoms with Gasteiger partial charge in [0.1, 0.15) is 0 Å². The molecule has 0 aliphatic carbocycles. The maximum atomic E-state index is 12.4. The number of sulfonamides is 1. The van der Waals surface area contributed by atoms with Crippen LogP contribution in [0.3, 0.4) is 0 Å². The Hall–Kier alpha value is -3.41. The fourth-order valence-corrected chi connectivity index (χ4v) is 5.45. The van der Waals surface area contributed by atoms with Crippen molar-refractivity contribution in [1.29, 1.82) is 0 Å². The third kappa shape index (κ3) is 5.69. The van der Waals surface area contributed by atoms with Crippen LogP contribution in [0.1, 0.15) is 0 Å². The van der Waals surface area contributed by atoms with Crippen LogP contribution in [0.25, 0.3) is 22.2 Å². The van der Waals surface area contributed by atoms with Crippen molar-refractivity contribution in [2.24, 2.45) is 0 Å². The highest BCUT2D eigenvalue weighted by atomic mass is 32.2. The average molecular weight is 524 g/mol. The van der Waals surface area contributed by atoms with Crippen molar-refractivity contribution in [1.82, 2.24) is 14.5 Å². The van der Waals surface area contributed by atoms with Crippen molar-refractivity contribution < 1.29 is 17.6 Å². The number of carbonyl (C=O) groups excluding carboxylic acids is 1. The Morgan fingerprint density at radius 2 is 1.69 bits per heavy atom. The fraction of sp³-hybridized carbons (Fsp3) is 0.240. The molecule has 5 rings (SSSR count). The van der Waals surface area contributed by atoms with Gasteiger partial charge >= 0.3 is 0 Å². The van der Waals surface area contributed by atoms with Crippen LogP contribution in [-0.2, 0) is 14.8 Å². The lowest BCUT2D eigenvalue weighted by atomic mass is 10.1. The molecule has 0 atom stereocenters. The molecule has 36 heavy (non-hydrogen) atoms. The molecule has 1 N–H and O–H groups in total. The van der Waals surface area contributed by atoms with E-state index in [1.165, 1.54) is 22.3 Å². The van der Waals surface area contributed by atoms with Crippen molar-refractivity contribution in [2.75, 3.05) is 48.4 Å². The summed E-state index contributed by atoms with van der Waals surface area (Å²) in [4.78, 5) is 14.6. The quantitative estimate of drug-likeness (QED) is 0.365. The SMILES string of the molecule is CS(=O)(=O)N1CCN(c2ccc(NC(=O)CSc3nnc(-c4ccc5ccccc5c4)o3)cc2)CC1. The lowest BCUT2D eigenvalue weighted by molar-refractivity contribution is -0.113. The zero-order chi connectivity index (χ0) is 25.1. The first-order valence-electron chi connectivity index (χ1n) is 11.4. The molecule has 186 valence electrons. The van der Waals surface area contributed by atoms with Crippen LogP contribution in [-0.4, -0.2) is 67.0 Å². The van der Waals surface area contributed by atoms with E-state index in [-0.39, 0.29) is 11.7 Å². The molecule has 0 unspecified atom stereocenters. The van der Waals surface area contributed by atoms with E-state index in [0.29, 0.717) is 43.0 Å². The van der Waals surface area contributed by atoms with Crippen molar-refractivity contribution >= 4 is 49.8 Å². The van der Waals surface area contributed by atoms with Gasteiger partial charge in [0.15, 0.2) is 0 Å². The number of hydrogen-bond acceptors (Lipinski definition) is 8. The van der Waals surface area contributed by atoms with Gasteiger partial charge in [-0.1, -0.05) is 42.1 Å². The number of benzene rings is 3. The molecule has 1 aliphatic rings. The minimum atomic E-state index is -3.16. The predicted octanol–water partition coefficient (Wildman–Crippen LogP) is 3.70. The van der Waals surface area contributed by atoms with Gasteiger partial charge in [0.05, 0.1) is 12.0 Å². The molecule has 11 heteroatoms. The van der Waals surface area contributed by atoms with Crippen LogP contribution in [0.15, 0.2) is 76.4 Å². The first-order valence-corrected chi connectivity index (χ1v) is 14.2. The third-order valence-electron chi connectivity index (χ3n) is 5.95. The highest BCUT2D eigenvalue weighted by Crippen LogP contribution is 2.26. The summed E-state index contributed by atoms with van der Waals surface area (Å²) in [5, 5.41) is 13.6. The number of amides is 1. The molecule has 1 aromatic heterocycles. The zero-order valence-corrected chi connectivity index (χ0v) is 21.3. The molecular weight excluding hydrogens is 498 g/mol. The van der Waals surface area contributed by atoms with E-state index in [9.17, 15) is 13.2 Å². The second-order valence-electron chi connectivity index (χ2n) is 8.47. The summed E-state index contributed by atoms with van der Waals surface area (Å²) >= 11 is 1.18. The van der Waals surface area contributed by atoms with Crippen LogP contribution in [0, 0.1) is 0 Å². The number of hydrogen-bond donors (Lipinski definition) is 1. The molecule has 3 aromatic carbocycles. The molecule has 2 heterocycles. The van der Waals surface area contributed by atoms with Gasteiger partial charge in [-0.15, -0.1) is 10.2 Å². The standard InChI is InChI=1S/C25H25N5O4S2/c1-36(32,33)30-14-12-29(13-15-30)22-10-8-21(9-11-22)26-23(31)17-35-25-28-27-24(34-25)20-7-6-18-4-2-3-5-19(18)16-20/h2-11,16H,12-15,17H2,1H3,(H,26,31). The molecule has 1 aliphatic heterocycles. The molecular formula is C25H25N5O4S2. The Morgan fingerprint density at radius 1 is 0.972 bits per heavy atom. The molecule has 1 saturated heterocycles. The Kier molecular flexibility index (Phi) is 6.95. The first-order chi connectivity index (χ1) is 17.3. The zero-order valence-electron chi connectivity index (χ0n) is 19.6. The van der Waals surface area contributed by atoms with Crippen molar-refractivity contribution in [3.63, 3.8) is 0 Å². The van der Waals surface area contributed by atoms with E-state index >= 15 is 0 Å². The van der Waals surface area contributed by atoms with Gasteiger partial charge in [0, 0.05) is 43.1 Å². The number of carbonyl (C=O) groups is 1. The monoisotopic (exact) mass is 523 g/mol. The Labute approximate surface area is 213 Å². The second-order valence-corrected chi connectivity index (χ2v) is 11.4. The normalized spacial score (nSPS) is 14.8. The van der Waals surface area contributed by atoms with Crippen molar-refractivity contribution in [3.8, 4) is 11.5 Å². The summed E-state index contributed by atoms with van der Waals surface area (Å²) in [6.45, 7) is 2.18. The molecule has 0 spiro atoms. The van der Waals surface area contributed by atoms with Gasteiger partial charge in [-0.25, -0.2) is 8.42 Å². The maximum absolute atomic E-state index is 12.4. The molecule has 4 aromatic rings. The van der Waals surface area contributed by atoms with E-state index in [1.54, 1.807) is 0 Å². The minimum Gasteiger partial charge on any atom is -0.411 e. The van der Waals surface area contributed by atoms with Gasteiger partial charge in [0.2, 0.25) is 21.8 Å². The van der Waals surface area contributed by atoms with Gasteiger partial charge in [-0.2, -0.15) is 4.31 Å². The Balaban J connectivity index is 1.13. The lowest BCUT2D eigenvalue weighted by Gasteiger charge is -2.34. The number of thioether (sulfide) groups is 1. The Bertz CT molecular complexity index is 1480. The van der Waals surface area contributed by atoms with Crippen LogP contribution >= 0.6 is 11.8 Å². The number of nitrogens with zero attached hydrogens (tertiary/aromatic N) is 4. The number of piperazine rings is 1. The van der Waals surface area contributed by atoms with Crippen LogP contribution in [0.5, 0.6) is 0 Å². The second kappa shape index (κ2) is 10.3. The molecule has 9 nitrogen and oxygen atoms in total.